The molecule has 5 rings (SSSR count). The maximum absolute atomic E-state index is 5.96. The van der Waals surface area contributed by atoms with Crippen molar-refractivity contribution < 1.29 is 8.94 Å². The van der Waals surface area contributed by atoms with Crippen molar-refractivity contribution in [1.82, 2.24) is 20.1 Å². The standard InChI is InChI=1S/C19H17N5O2/c1-12-7-8-16-14(11-12)21-19(25-16)24-10-4-6-15(24)18-22-17(23-26-18)13-5-2-3-9-20-13/h2-3,5,7-9,11,15H,4,6,10H2,1H3/t15-/m0/s1. The van der Waals surface area contributed by atoms with Crippen molar-refractivity contribution in [3.05, 3.63) is 54.0 Å². The maximum atomic E-state index is 5.96. The van der Waals surface area contributed by atoms with Gasteiger partial charge in [0.05, 0.1) is 0 Å². The first-order valence-corrected chi connectivity index (χ1v) is 8.67. The van der Waals surface area contributed by atoms with Gasteiger partial charge in [-0.05, 0) is 49.6 Å². The van der Waals surface area contributed by atoms with Crippen molar-refractivity contribution in [3.63, 3.8) is 0 Å². The van der Waals surface area contributed by atoms with Gasteiger partial charge < -0.3 is 13.8 Å². The van der Waals surface area contributed by atoms with Crippen LogP contribution in [0.1, 0.15) is 30.3 Å². The van der Waals surface area contributed by atoms with E-state index in [-0.39, 0.29) is 6.04 Å². The summed E-state index contributed by atoms with van der Waals surface area (Å²) < 4.78 is 11.5. The third-order valence-electron chi connectivity index (χ3n) is 4.65. The number of aromatic nitrogens is 4. The summed E-state index contributed by atoms with van der Waals surface area (Å²) in [6.45, 7) is 2.89. The number of fused-ring (bicyclic) bond motifs is 1. The molecule has 26 heavy (non-hydrogen) atoms. The summed E-state index contributed by atoms with van der Waals surface area (Å²) in [5.41, 5.74) is 3.51. The molecule has 0 unspecified atom stereocenters. The van der Waals surface area contributed by atoms with Gasteiger partial charge >= 0.3 is 0 Å². The molecule has 0 saturated carbocycles. The molecule has 1 atom stereocenters. The Morgan fingerprint density at radius 1 is 1.15 bits per heavy atom. The molecule has 0 aliphatic carbocycles. The lowest BCUT2D eigenvalue weighted by molar-refractivity contribution is 0.351. The maximum Gasteiger partial charge on any atom is 0.299 e. The molecule has 7 nitrogen and oxygen atoms in total. The fraction of sp³-hybridized carbons (Fsp3) is 0.263. The minimum Gasteiger partial charge on any atom is -0.423 e. The molecule has 1 aliphatic rings. The molecule has 0 N–H and O–H groups in total. The molecule has 1 aromatic carbocycles. The molecular weight excluding hydrogens is 330 g/mol. The van der Waals surface area contributed by atoms with E-state index in [2.05, 4.69) is 25.0 Å². The zero-order valence-electron chi connectivity index (χ0n) is 14.3. The van der Waals surface area contributed by atoms with Gasteiger partial charge in [-0.25, -0.2) is 0 Å². The van der Waals surface area contributed by atoms with Crippen LogP contribution in [-0.2, 0) is 0 Å². The Morgan fingerprint density at radius 3 is 3.00 bits per heavy atom. The lowest BCUT2D eigenvalue weighted by Gasteiger charge is -2.19. The Balaban J connectivity index is 1.48. The van der Waals surface area contributed by atoms with Crippen LogP contribution >= 0.6 is 0 Å². The number of oxazole rings is 1. The average Bonchev–Trinajstić information content (AvgIpc) is 3.39. The summed E-state index contributed by atoms with van der Waals surface area (Å²) in [5.74, 6) is 1.07. The van der Waals surface area contributed by atoms with Gasteiger partial charge in [-0.1, -0.05) is 17.3 Å². The number of rotatable bonds is 3. The number of aryl methyl sites for hydroxylation is 1. The number of pyridine rings is 1. The van der Waals surface area contributed by atoms with Crippen molar-refractivity contribution in [2.45, 2.75) is 25.8 Å². The lowest BCUT2D eigenvalue weighted by Crippen LogP contribution is -2.23. The zero-order chi connectivity index (χ0) is 17.5. The number of nitrogens with zero attached hydrogens (tertiary/aromatic N) is 5. The number of anilines is 1. The van der Waals surface area contributed by atoms with Gasteiger partial charge in [0.2, 0.25) is 11.7 Å². The van der Waals surface area contributed by atoms with Gasteiger partial charge in [0.25, 0.3) is 6.01 Å². The predicted octanol–water partition coefficient (Wildman–Crippen LogP) is 3.92. The van der Waals surface area contributed by atoms with Crippen molar-refractivity contribution in [1.29, 1.82) is 0 Å². The minimum absolute atomic E-state index is 0.0332. The van der Waals surface area contributed by atoms with Crippen LogP contribution in [0, 0.1) is 6.92 Å². The average molecular weight is 347 g/mol. The molecule has 130 valence electrons. The van der Waals surface area contributed by atoms with Crippen molar-refractivity contribution >= 4 is 17.1 Å². The molecule has 1 saturated heterocycles. The monoisotopic (exact) mass is 347 g/mol. The van der Waals surface area contributed by atoms with Crippen molar-refractivity contribution in [2.24, 2.45) is 0 Å². The Hall–Kier alpha value is -3.22. The van der Waals surface area contributed by atoms with Gasteiger partial charge in [-0.3, -0.25) is 4.98 Å². The van der Waals surface area contributed by atoms with E-state index in [1.165, 1.54) is 0 Å². The van der Waals surface area contributed by atoms with Gasteiger partial charge in [-0.15, -0.1) is 0 Å². The number of benzene rings is 1. The van der Waals surface area contributed by atoms with Crippen LogP contribution in [0.5, 0.6) is 0 Å². The Morgan fingerprint density at radius 2 is 2.12 bits per heavy atom. The van der Waals surface area contributed by atoms with E-state index >= 15 is 0 Å². The van der Waals surface area contributed by atoms with Crippen molar-refractivity contribution in [2.75, 3.05) is 11.4 Å². The molecule has 1 aliphatic heterocycles. The fourth-order valence-electron chi connectivity index (χ4n) is 3.37. The molecule has 7 heteroatoms. The second-order valence-corrected chi connectivity index (χ2v) is 6.49. The summed E-state index contributed by atoms with van der Waals surface area (Å²) in [7, 11) is 0. The Kier molecular flexibility index (Phi) is 3.44. The third-order valence-corrected chi connectivity index (χ3v) is 4.65. The van der Waals surface area contributed by atoms with Crippen LogP contribution in [0.25, 0.3) is 22.6 Å². The smallest absolute Gasteiger partial charge is 0.299 e. The molecule has 1 fully saturated rings. The van der Waals surface area contributed by atoms with Gasteiger partial charge in [0, 0.05) is 12.7 Å². The van der Waals surface area contributed by atoms with E-state index in [9.17, 15) is 0 Å². The molecule has 0 radical (unpaired) electrons. The first kappa shape index (κ1) is 15.1. The summed E-state index contributed by atoms with van der Waals surface area (Å²) in [6, 6.07) is 12.2. The SMILES string of the molecule is Cc1ccc2oc(N3CCC[C@H]3c3nc(-c4ccccn4)no3)nc2c1. The first-order valence-electron chi connectivity index (χ1n) is 8.67. The topological polar surface area (TPSA) is 81.1 Å². The molecule has 4 heterocycles. The summed E-state index contributed by atoms with van der Waals surface area (Å²) >= 11 is 0. The van der Waals surface area contributed by atoms with Crippen LogP contribution in [0.3, 0.4) is 0 Å². The Bertz CT molecular complexity index is 1060. The largest absolute Gasteiger partial charge is 0.423 e. The predicted molar refractivity (Wildman–Crippen MR) is 95.6 cm³/mol. The lowest BCUT2D eigenvalue weighted by atomic mass is 10.2. The van der Waals surface area contributed by atoms with Crippen LogP contribution < -0.4 is 4.90 Å². The number of hydrogen-bond donors (Lipinski definition) is 0. The molecule has 3 aromatic heterocycles. The second kappa shape index (κ2) is 5.94. The second-order valence-electron chi connectivity index (χ2n) is 6.49. The molecule has 0 spiro atoms. The van der Waals surface area contributed by atoms with Gasteiger partial charge in [0.15, 0.2) is 5.58 Å². The van der Waals surface area contributed by atoms with E-state index < -0.39 is 0 Å². The van der Waals surface area contributed by atoms with Crippen LogP contribution in [0.15, 0.2) is 51.5 Å². The quantitative estimate of drug-likeness (QED) is 0.555. The van der Waals surface area contributed by atoms with Crippen molar-refractivity contribution in [3.8, 4) is 11.5 Å². The van der Waals surface area contributed by atoms with Gasteiger partial charge in [0.1, 0.15) is 17.3 Å². The summed E-state index contributed by atoms with van der Waals surface area (Å²) in [4.78, 5) is 15.6. The molecule has 0 amide bonds. The van der Waals surface area contributed by atoms with E-state index in [0.29, 0.717) is 23.4 Å². The molecule has 0 bridgehead atoms. The van der Waals surface area contributed by atoms with Gasteiger partial charge in [-0.2, -0.15) is 9.97 Å². The zero-order valence-corrected chi connectivity index (χ0v) is 14.3. The highest BCUT2D eigenvalue weighted by Crippen LogP contribution is 2.36. The summed E-state index contributed by atoms with van der Waals surface area (Å²) in [5, 5.41) is 4.09. The highest BCUT2D eigenvalue weighted by atomic mass is 16.5. The van der Waals surface area contributed by atoms with E-state index in [1.54, 1.807) is 6.20 Å². The molecular formula is C19H17N5O2. The van der Waals surface area contributed by atoms with Crippen LogP contribution in [0.2, 0.25) is 0 Å². The first-order chi connectivity index (χ1) is 12.8. The van der Waals surface area contributed by atoms with Crippen LogP contribution in [0.4, 0.5) is 6.01 Å². The van der Waals surface area contributed by atoms with E-state index in [1.807, 2.05) is 43.3 Å². The van der Waals surface area contributed by atoms with E-state index in [0.717, 1.165) is 36.0 Å². The van der Waals surface area contributed by atoms with E-state index in [4.69, 9.17) is 8.94 Å². The Labute approximate surface area is 149 Å². The van der Waals surface area contributed by atoms with Crippen LogP contribution in [-0.4, -0.2) is 26.7 Å². The normalized spacial score (nSPS) is 17.3. The minimum atomic E-state index is -0.0332. The third kappa shape index (κ3) is 2.52. The highest BCUT2D eigenvalue weighted by molar-refractivity contribution is 5.75. The highest BCUT2D eigenvalue weighted by Gasteiger charge is 2.34. The number of hydrogen-bond acceptors (Lipinski definition) is 7. The fourth-order valence-corrected chi connectivity index (χ4v) is 3.37. The molecule has 4 aromatic rings. The summed E-state index contributed by atoms with van der Waals surface area (Å²) in [6.07, 6.45) is 3.65.